The molecule has 0 radical (unpaired) electrons. The molecule has 5 heteroatoms. The van der Waals surface area contributed by atoms with Crippen molar-refractivity contribution >= 4 is 33.5 Å². The van der Waals surface area contributed by atoms with Gasteiger partial charge in [0.25, 0.3) is 0 Å². The van der Waals surface area contributed by atoms with Crippen molar-refractivity contribution in [3.8, 4) is 11.5 Å². The highest BCUT2D eigenvalue weighted by atomic mass is 79.9. The van der Waals surface area contributed by atoms with Gasteiger partial charge in [-0.15, -0.1) is 0 Å². The van der Waals surface area contributed by atoms with Crippen LogP contribution in [0.25, 0.3) is 0 Å². The zero-order valence-corrected chi connectivity index (χ0v) is 20.2. The Morgan fingerprint density at radius 1 is 0.818 bits per heavy atom. The summed E-state index contributed by atoms with van der Waals surface area (Å²) in [7, 11) is 1.64. The van der Waals surface area contributed by atoms with Gasteiger partial charge < -0.3 is 9.47 Å². The number of rotatable bonds is 8. The monoisotopic (exact) mass is 500 g/mol. The van der Waals surface area contributed by atoms with Gasteiger partial charge in [-0.3, -0.25) is 0 Å². The number of nitrogens with zero attached hydrogens (tertiary/aromatic N) is 2. The number of aryl methyl sites for hydroxylation is 1. The summed E-state index contributed by atoms with van der Waals surface area (Å²) >= 11 is 3.66. The topological polar surface area (TPSA) is 34.1 Å². The van der Waals surface area contributed by atoms with Crippen LogP contribution in [0, 0.1) is 6.92 Å². The molecular weight excluding hydrogens is 476 g/mol. The molecule has 4 aromatic carbocycles. The Morgan fingerprint density at radius 2 is 1.42 bits per heavy atom. The second-order valence-electron chi connectivity index (χ2n) is 7.53. The summed E-state index contributed by atoms with van der Waals surface area (Å²) in [6.45, 7) is 2.54. The molecule has 0 aliphatic rings. The van der Waals surface area contributed by atoms with E-state index in [9.17, 15) is 0 Å². The Labute approximate surface area is 203 Å². The van der Waals surface area contributed by atoms with Gasteiger partial charge in [0.1, 0.15) is 6.61 Å². The average molecular weight is 501 g/mol. The molecule has 166 valence electrons. The number of hydrogen-bond donors (Lipinski definition) is 0. The SMILES string of the molecule is COc1cc(/C=N\N(c2ccccc2)c2ccccc2)c(Br)cc1OCc1ccc(C)cc1. The molecule has 0 N–H and O–H groups in total. The minimum Gasteiger partial charge on any atom is -0.493 e. The average Bonchev–Trinajstić information content (AvgIpc) is 2.86. The van der Waals surface area contributed by atoms with Gasteiger partial charge in [-0.1, -0.05) is 66.2 Å². The molecule has 0 aromatic heterocycles. The third-order valence-corrected chi connectivity index (χ3v) is 5.80. The fraction of sp³-hybridized carbons (Fsp3) is 0.107. The molecule has 0 atom stereocenters. The lowest BCUT2D eigenvalue weighted by atomic mass is 10.2. The number of hydrazone groups is 1. The van der Waals surface area contributed by atoms with Gasteiger partial charge in [-0.2, -0.15) is 5.10 Å². The Balaban J connectivity index is 1.59. The first-order valence-corrected chi connectivity index (χ1v) is 11.4. The van der Waals surface area contributed by atoms with Crippen molar-refractivity contribution in [2.24, 2.45) is 5.10 Å². The highest BCUT2D eigenvalue weighted by Gasteiger charge is 2.12. The first-order chi connectivity index (χ1) is 16.1. The van der Waals surface area contributed by atoms with Crippen LogP contribution in [0.15, 0.2) is 107 Å². The molecule has 0 spiro atoms. The molecule has 0 heterocycles. The van der Waals surface area contributed by atoms with Crippen LogP contribution in [0.1, 0.15) is 16.7 Å². The van der Waals surface area contributed by atoms with Crippen LogP contribution in [0.5, 0.6) is 11.5 Å². The fourth-order valence-corrected chi connectivity index (χ4v) is 3.73. The van der Waals surface area contributed by atoms with E-state index in [0.717, 1.165) is 27.0 Å². The molecule has 4 rings (SSSR count). The van der Waals surface area contributed by atoms with Crippen molar-refractivity contribution in [1.82, 2.24) is 0 Å². The van der Waals surface area contributed by atoms with Crippen LogP contribution >= 0.6 is 15.9 Å². The van der Waals surface area contributed by atoms with E-state index < -0.39 is 0 Å². The number of para-hydroxylation sites is 2. The van der Waals surface area contributed by atoms with Crippen LogP contribution < -0.4 is 14.5 Å². The van der Waals surface area contributed by atoms with Crippen molar-refractivity contribution in [3.63, 3.8) is 0 Å². The van der Waals surface area contributed by atoms with Crippen LogP contribution in [0.4, 0.5) is 11.4 Å². The lowest BCUT2D eigenvalue weighted by Crippen LogP contribution is -2.09. The summed E-state index contributed by atoms with van der Waals surface area (Å²) in [5, 5.41) is 6.69. The standard InChI is InChI=1S/C28H25BrN2O2/c1-21-13-15-22(16-14-21)20-33-28-18-26(29)23(17-27(28)32-2)19-30-31(24-9-5-3-6-10-24)25-11-7-4-8-12-25/h3-19H,20H2,1-2H3/b30-19-. The molecule has 0 aliphatic carbocycles. The summed E-state index contributed by atoms with van der Waals surface area (Å²) in [5.41, 5.74) is 5.15. The highest BCUT2D eigenvalue weighted by Crippen LogP contribution is 2.34. The molecule has 0 aliphatic heterocycles. The largest absolute Gasteiger partial charge is 0.493 e. The Kier molecular flexibility index (Phi) is 7.43. The molecule has 4 nitrogen and oxygen atoms in total. The number of halogens is 1. The van der Waals surface area contributed by atoms with E-state index in [0.29, 0.717) is 18.1 Å². The van der Waals surface area contributed by atoms with Crippen LogP contribution in [0.2, 0.25) is 0 Å². The van der Waals surface area contributed by atoms with Crippen molar-refractivity contribution < 1.29 is 9.47 Å². The maximum absolute atomic E-state index is 6.04. The quantitative estimate of drug-likeness (QED) is 0.185. The number of hydrogen-bond acceptors (Lipinski definition) is 4. The Morgan fingerprint density at radius 3 is 2.00 bits per heavy atom. The molecule has 0 amide bonds. The van der Waals surface area contributed by atoms with Gasteiger partial charge in [-0.05, 0) is 64.8 Å². The maximum Gasteiger partial charge on any atom is 0.162 e. The van der Waals surface area contributed by atoms with Crippen molar-refractivity contribution in [3.05, 3.63) is 118 Å². The molecule has 0 bridgehead atoms. The summed E-state index contributed by atoms with van der Waals surface area (Å²) in [4.78, 5) is 0. The summed E-state index contributed by atoms with van der Waals surface area (Å²) in [6, 6.07) is 32.2. The normalized spacial score (nSPS) is 10.9. The number of methoxy groups -OCH3 is 1. The molecule has 0 saturated carbocycles. The molecule has 4 aromatic rings. The lowest BCUT2D eigenvalue weighted by Gasteiger charge is -2.19. The minimum absolute atomic E-state index is 0.465. The predicted molar refractivity (Wildman–Crippen MR) is 139 cm³/mol. The lowest BCUT2D eigenvalue weighted by molar-refractivity contribution is 0.284. The highest BCUT2D eigenvalue weighted by molar-refractivity contribution is 9.10. The van der Waals surface area contributed by atoms with Gasteiger partial charge in [0.2, 0.25) is 0 Å². The molecule has 0 unspecified atom stereocenters. The van der Waals surface area contributed by atoms with Gasteiger partial charge in [0, 0.05) is 10.0 Å². The number of ether oxygens (including phenoxy) is 2. The first-order valence-electron chi connectivity index (χ1n) is 10.6. The first kappa shape index (κ1) is 22.6. The van der Waals surface area contributed by atoms with Crippen LogP contribution in [0.3, 0.4) is 0 Å². The van der Waals surface area contributed by atoms with Crippen LogP contribution in [-0.4, -0.2) is 13.3 Å². The molecule has 33 heavy (non-hydrogen) atoms. The summed E-state index contributed by atoms with van der Waals surface area (Å²) in [6.07, 6.45) is 1.82. The van der Waals surface area contributed by atoms with E-state index >= 15 is 0 Å². The van der Waals surface area contributed by atoms with Gasteiger partial charge in [0.05, 0.1) is 24.7 Å². The maximum atomic E-state index is 6.04. The fourth-order valence-electron chi connectivity index (χ4n) is 3.31. The summed E-state index contributed by atoms with van der Waals surface area (Å²) < 4.78 is 12.5. The zero-order chi connectivity index (χ0) is 23.0. The third kappa shape index (κ3) is 5.82. The van der Waals surface area contributed by atoms with E-state index in [1.54, 1.807) is 7.11 Å². The second kappa shape index (κ2) is 10.8. The third-order valence-electron chi connectivity index (χ3n) is 5.11. The van der Waals surface area contributed by atoms with Gasteiger partial charge >= 0.3 is 0 Å². The van der Waals surface area contributed by atoms with E-state index in [2.05, 4.69) is 47.1 Å². The smallest absolute Gasteiger partial charge is 0.162 e. The van der Waals surface area contributed by atoms with Crippen molar-refractivity contribution in [1.29, 1.82) is 0 Å². The van der Waals surface area contributed by atoms with E-state index in [1.807, 2.05) is 84.0 Å². The van der Waals surface area contributed by atoms with Gasteiger partial charge in [-0.25, -0.2) is 5.01 Å². The zero-order valence-electron chi connectivity index (χ0n) is 18.6. The van der Waals surface area contributed by atoms with Gasteiger partial charge in [0.15, 0.2) is 11.5 Å². The Bertz CT molecular complexity index is 1170. The van der Waals surface area contributed by atoms with Crippen molar-refractivity contribution in [2.45, 2.75) is 13.5 Å². The van der Waals surface area contributed by atoms with Crippen molar-refractivity contribution in [2.75, 3.05) is 12.1 Å². The van der Waals surface area contributed by atoms with Crippen LogP contribution in [-0.2, 0) is 6.61 Å². The second-order valence-corrected chi connectivity index (χ2v) is 8.38. The Hall–Kier alpha value is -3.57. The molecule has 0 saturated heterocycles. The van der Waals surface area contributed by atoms with E-state index in [4.69, 9.17) is 14.6 Å². The number of anilines is 2. The van der Waals surface area contributed by atoms with E-state index in [1.165, 1.54) is 5.56 Å². The summed E-state index contributed by atoms with van der Waals surface area (Å²) in [5.74, 6) is 1.32. The molecular formula is C28H25BrN2O2. The minimum atomic E-state index is 0.465. The number of benzene rings is 4. The molecule has 0 fully saturated rings. The predicted octanol–water partition coefficient (Wildman–Crippen LogP) is 7.52. The van der Waals surface area contributed by atoms with E-state index in [-0.39, 0.29) is 0 Å².